The van der Waals surface area contributed by atoms with Gasteiger partial charge in [-0.25, -0.2) is 19.9 Å². The molecular weight excluding hydrogens is 452 g/mol. The minimum atomic E-state index is -0.234. The predicted molar refractivity (Wildman–Crippen MR) is 128 cm³/mol. The molecule has 2 aliphatic rings. The Morgan fingerprint density at radius 3 is 2.68 bits per heavy atom. The maximum absolute atomic E-state index is 9.37. The first-order chi connectivity index (χ1) is 16.7. The van der Waals surface area contributed by atoms with Gasteiger partial charge in [-0.05, 0) is 36.2 Å². The van der Waals surface area contributed by atoms with E-state index in [-0.39, 0.29) is 6.04 Å². The highest BCUT2D eigenvalue weighted by atomic mass is 35.5. The van der Waals surface area contributed by atoms with Gasteiger partial charge in [-0.1, -0.05) is 11.6 Å². The van der Waals surface area contributed by atoms with E-state index in [1.807, 2.05) is 30.6 Å². The van der Waals surface area contributed by atoms with Crippen LogP contribution in [0.15, 0.2) is 42.9 Å². The van der Waals surface area contributed by atoms with Crippen LogP contribution in [0.25, 0.3) is 10.9 Å². The Balaban J connectivity index is 1.46. The largest absolute Gasteiger partial charge is 0.378 e. The second-order valence-electron chi connectivity index (χ2n) is 8.32. The second-order valence-corrected chi connectivity index (χ2v) is 8.76. The lowest BCUT2D eigenvalue weighted by Crippen LogP contribution is -2.38. The van der Waals surface area contributed by atoms with E-state index in [2.05, 4.69) is 40.8 Å². The zero-order valence-corrected chi connectivity index (χ0v) is 19.0. The van der Waals surface area contributed by atoms with Crippen LogP contribution in [0.3, 0.4) is 0 Å². The maximum Gasteiger partial charge on any atom is 0.227 e. The molecule has 4 aromatic rings. The summed E-state index contributed by atoms with van der Waals surface area (Å²) in [7, 11) is 0. The van der Waals surface area contributed by atoms with E-state index in [0.717, 1.165) is 41.7 Å². The highest BCUT2D eigenvalue weighted by Gasteiger charge is 2.34. The zero-order chi connectivity index (χ0) is 23.1. The summed E-state index contributed by atoms with van der Waals surface area (Å²) in [6.07, 6.45) is 6.16. The number of anilines is 2. The Morgan fingerprint density at radius 2 is 1.88 bits per heavy atom. The third kappa shape index (κ3) is 3.61. The first-order valence-corrected chi connectivity index (χ1v) is 11.5. The molecule has 170 valence electrons. The molecule has 1 aromatic carbocycles. The fourth-order valence-electron chi connectivity index (χ4n) is 4.77. The summed E-state index contributed by atoms with van der Waals surface area (Å²) in [6.45, 7) is 3.58. The van der Waals surface area contributed by atoms with Gasteiger partial charge in [0.15, 0.2) is 0 Å². The molecule has 1 N–H and O–H groups in total. The lowest BCUT2D eigenvalue weighted by molar-refractivity contribution is 0.122. The summed E-state index contributed by atoms with van der Waals surface area (Å²) < 4.78 is 5.44. The third-order valence-electron chi connectivity index (χ3n) is 6.37. The van der Waals surface area contributed by atoms with E-state index < -0.39 is 0 Å². The molecule has 1 atom stereocenters. The van der Waals surface area contributed by atoms with Crippen molar-refractivity contribution in [3.05, 3.63) is 70.4 Å². The third-order valence-corrected chi connectivity index (χ3v) is 6.61. The molecule has 6 rings (SSSR count). The molecule has 0 amide bonds. The molecule has 1 saturated heterocycles. The molecule has 0 radical (unpaired) electrons. The van der Waals surface area contributed by atoms with Gasteiger partial charge in [-0.2, -0.15) is 5.26 Å². The monoisotopic (exact) mass is 472 g/mol. The van der Waals surface area contributed by atoms with Crippen LogP contribution in [-0.2, 0) is 11.2 Å². The number of H-pyrrole nitrogens is 1. The van der Waals surface area contributed by atoms with E-state index in [0.29, 0.717) is 42.4 Å². The van der Waals surface area contributed by atoms with Gasteiger partial charge in [-0.15, -0.1) is 0 Å². The lowest BCUT2D eigenvalue weighted by Gasteiger charge is -2.36. The molecule has 0 bridgehead atoms. The molecule has 0 aliphatic carbocycles. The average Bonchev–Trinajstić information content (AvgIpc) is 3.26. The van der Waals surface area contributed by atoms with Crippen molar-refractivity contribution in [1.29, 1.82) is 5.26 Å². The lowest BCUT2D eigenvalue weighted by atomic mass is 9.94. The molecule has 0 saturated carbocycles. The number of nitrogens with one attached hydrogen (secondary N) is 1. The highest BCUT2D eigenvalue weighted by molar-refractivity contribution is 6.31. The molecule has 5 heterocycles. The number of fused-ring (bicyclic) bond motifs is 3. The summed E-state index contributed by atoms with van der Waals surface area (Å²) in [5, 5.41) is 11.2. The molecule has 1 fully saturated rings. The highest BCUT2D eigenvalue weighted by Crippen LogP contribution is 2.40. The number of nitrogens with zero attached hydrogens (tertiary/aromatic N) is 7. The van der Waals surface area contributed by atoms with Crippen molar-refractivity contribution in [3.63, 3.8) is 0 Å². The molecule has 34 heavy (non-hydrogen) atoms. The average molecular weight is 473 g/mol. The number of rotatable bonds is 3. The molecule has 9 nitrogen and oxygen atoms in total. The zero-order valence-electron chi connectivity index (χ0n) is 18.3. The van der Waals surface area contributed by atoms with Crippen LogP contribution in [0.5, 0.6) is 0 Å². The van der Waals surface area contributed by atoms with Gasteiger partial charge in [0.25, 0.3) is 0 Å². The van der Waals surface area contributed by atoms with E-state index >= 15 is 0 Å². The Labute approximate surface area is 201 Å². The number of halogens is 1. The van der Waals surface area contributed by atoms with Crippen molar-refractivity contribution in [1.82, 2.24) is 24.9 Å². The molecule has 1 unspecified atom stereocenters. The summed E-state index contributed by atoms with van der Waals surface area (Å²) in [5.41, 5.74) is 4.53. The summed E-state index contributed by atoms with van der Waals surface area (Å²) in [5.74, 6) is 1.20. The van der Waals surface area contributed by atoms with E-state index in [1.165, 1.54) is 5.56 Å². The maximum atomic E-state index is 9.37. The Hall–Kier alpha value is -3.74. The second kappa shape index (κ2) is 8.56. The molecule has 3 aromatic heterocycles. The smallest absolute Gasteiger partial charge is 0.227 e. The van der Waals surface area contributed by atoms with Gasteiger partial charge in [0.2, 0.25) is 11.9 Å². The normalized spacial score (nSPS) is 18.1. The summed E-state index contributed by atoms with van der Waals surface area (Å²) in [4.78, 5) is 26.2. The van der Waals surface area contributed by atoms with Crippen LogP contribution < -0.4 is 9.80 Å². The standard InChI is InChI=1S/C24H21ClN8O/c25-16-1-2-20-19(11-16)18-4-6-33(24-27-5-3-17(12-26)30-24)22(21(18)31-20)15-13-28-23(29-14-15)32-7-9-34-10-8-32/h1-3,5,11,13-14,22,31H,4,6-10H2. The van der Waals surface area contributed by atoms with Crippen molar-refractivity contribution < 1.29 is 4.74 Å². The van der Waals surface area contributed by atoms with E-state index in [1.54, 1.807) is 12.3 Å². The van der Waals surface area contributed by atoms with Crippen LogP contribution in [0, 0.1) is 11.3 Å². The van der Waals surface area contributed by atoms with Gasteiger partial charge in [-0.3, -0.25) is 0 Å². The van der Waals surface area contributed by atoms with Crippen molar-refractivity contribution in [3.8, 4) is 6.07 Å². The van der Waals surface area contributed by atoms with Gasteiger partial charge in [0.05, 0.1) is 13.2 Å². The first kappa shape index (κ1) is 20.8. The van der Waals surface area contributed by atoms with Crippen LogP contribution in [0.4, 0.5) is 11.9 Å². The van der Waals surface area contributed by atoms with Crippen molar-refractivity contribution in [2.24, 2.45) is 0 Å². The van der Waals surface area contributed by atoms with E-state index in [4.69, 9.17) is 16.3 Å². The number of morpholine rings is 1. The first-order valence-electron chi connectivity index (χ1n) is 11.2. The van der Waals surface area contributed by atoms with Crippen molar-refractivity contribution >= 4 is 34.4 Å². The Bertz CT molecular complexity index is 1390. The van der Waals surface area contributed by atoms with Gasteiger partial charge in [0, 0.05) is 65.4 Å². The van der Waals surface area contributed by atoms with Gasteiger partial charge < -0.3 is 19.5 Å². The Morgan fingerprint density at radius 1 is 1.06 bits per heavy atom. The number of benzene rings is 1. The fourth-order valence-corrected chi connectivity index (χ4v) is 4.94. The molecular formula is C24H21ClN8O. The van der Waals surface area contributed by atoms with E-state index in [9.17, 15) is 5.26 Å². The molecule has 10 heteroatoms. The number of aromatic nitrogens is 5. The van der Waals surface area contributed by atoms with Crippen LogP contribution in [0.2, 0.25) is 5.02 Å². The molecule has 0 spiro atoms. The molecule has 2 aliphatic heterocycles. The van der Waals surface area contributed by atoms with Gasteiger partial charge in [0.1, 0.15) is 17.8 Å². The number of aromatic amines is 1. The summed E-state index contributed by atoms with van der Waals surface area (Å²) in [6, 6.07) is 9.38. The van der Waals surface area contributed by atoms with Crippen molar-refractivity contribution in [2.75, 3.05) is 42.6 Å². The minimum absolute atomic E-state index is 0.234. The predicted octanol–water partition coefficient (Wildman–Crippen LogP) is 3.26. The fraction of sp³-hybridized carbons (Fsp3) is 0.292. The van der Waals surface area contributed by atoms with Crippen LogP contribution in [-0.4, -0.2) is 57.8 Å². The van der Waals surface area contributed by atoms with Crippen molar-refractivity contribution in [2.45, 2.75) is 12.5 Å². The quantitative estimate of drug-likeness (QED) is 0.484. The Kier molecular flexibility index (Phi) is 5.24. The van der Waals surface area contributed by atoms with Crippen LogP contribution >= 0.6 is 11.6 Å². The minimum Gasteiger partial charge on any atom is -0.378 e. The van der Waals surface area contributed by atoms with Crippen LogP contribution in [0.1, 0.15) is 28.6 Å². The number of hydrogen-bond donors (Lipinski definition) is 1. The summed E-state index contributed by atoms with van der Waals surface area (Å²) >= 11 is 6.31. The number of nitriles is 1. The number of ether oxygens (including phenoxy) is 1. The topological polar surface area (TPSA) is 107 Å². The SMILES string of the molecule is N#Cc1ccnc(N2CCc3c([nH]c4ccc(Cl)cc34)C2c2cnc(N3CCOCC3)nc2)n1. The number of hydrogen-bond acceptors (Lipinski definition) is 8. The van der Waals surface area contributed by atoms with Gasteiger partial charge >= 0.3 is 0 Å².